The molecule has 1 aliphatic heterocycles. The first-order valence-corrected chi connectivity index (χ1v) is 7.96. The van der Waals surface area contributed by atoms with Crippen LogP contribution in [-0.2, 0) is 9.59 Å². The number of hydrogen-bond donors (Lipinski definition) is 1. The molecule has 1 fully saturated rings. The predicted octanol–water partition coefficient (Wildman–Crippen LogP) is 0.733. The molecule has 1 saturated heterocycles. The third-order valence-electron chi connectivity index (χ3n) is 4.12. The van der Waals surface area contributed by atoms with E-state index in [9.17, 15) is 9.59 Å². The Labute approximate surface area is 137 Å². The summed E-state index contributed by atoms with van der Waals surface area (Å²) in [4.78, 5) is 28.5. The first kappa shape index (κ1) is 17.3. The molecule has 0 radical (unpaired) electrons. The highest BCUT2D eigenvalue weighted by atomic mass is 16.5. The van der Waals surface area contributed by atoms with E-state index >= 15 is 0 Å². The maximum Gasteiger partial charge on any atom is 0.261 e. The third-order valence-corrected chi connectivity index (χ3v) is 4.12. The van der Waals surface area contributed by atoms with Gasteiger partial charge in [-0.1, -0.05) is 18.2 Å². The lowest BCUT2D eigenvalue weighted by atomic mass is 10.1. The molecule has 2 amide bonds. The Morgan fingerprint density at radius 2 is 1.96 bits per heavy atom. The van der Waals surface area contributed by atoms with Crippen molar-refractivity contribution in [1.29, 1.82) is 0 Å². The summed E-state index contributed by atoms with van der Waals surface area (Å²) in [6, 6.07) is 9.09. The van der Waals surface area contributed by atoms with Crippen molar-refractivity contribution >= 4 is 11.8 Å². The fourth-order valence-electron chi connectivity index (χ4n) is 2.71. The average Bonchev–Trinajstić information content (AvgIpc) is 2.59. The molecule has 0 aromatic heterocycles. The maximum atomic E-state index is 12.5. The minimum absolute atomic E-state index is 0.0564. The van der Waals surface area contributed by atoms with Crippen LogP contribution >= 0.6 is 0 Å². The molecule has 0 unspecified atom stereocenters. The van der Waals surface area contributed by atoms with E-state index in [0.717, 1.165) is 6.54 Å². The molecule has 1 aromatic rings. The van der Waals surface area contributed by atoms with Gasteiger partial charge in [0.2, 0.25) is 5.91 Å². The van der Waals surface area contributed by atoms with E-state index in [2.05, 4.69) is 24.1 Å². The molecule has 1 heterocycles. The average molecular weight is 319 g/mol. The topological polar surface area (TPSA) is 61.9 Å². The van der Waals surface area contributed by atoms with Crippen molar-refractivity contribution in [2.24, 2.45) is 0 Å². The molecule has 0 bridgehead atoms. The van der Waals surface area contributed by atoms with Crippen molar-refractivity contribution in [3.63, 3.8) is 0 Å². The summed E-state index contributed by atoms with van der Waals surface area (Å²) in [7, 11) is 1.60. The Balaban J connectivity index is 2.00. The van der Waals surface area contributed by atoms with E-state index in [0.29, 0.717) is 24.9 Å². The number of amides is 2. The Hall–Kier alpha value is -2.08. The number of hydrogen-bond acceptors (Lipinski definition) is 4. The number of piperazine rings is 1. The number of ether oxygens (including phenoxy) is 1. The monoisotopic (exact) mass is 319 g/mol. The minimum Gasteiger partial charge on any atom is -0.484 e. The number of carbonyl (C=O) groups excluding carboxylic acids is 2. The molecule has 23 heavy (non-hydrogen) atoms. The minimum atomic E-state index is -0.469. The molecular formula is C17H25N3O3. The highest BCUT2D eigenvalue weighted by Gasteiger charge is 2.35. The first-order chi connectivity index (χ1) is 11.0. The van der Waals surface area contributed by atoms with Crippen LogP contribution in [0.3, 0.4) is 0 Å². The van der Waals surface area contributed by atoms with Gasteiger partial charge in [0.15, 0.2) is 6.61 Å². The number of nitrogens with zero attached hydrogens (tertiary/aromatic N) is 2. The van der Waals surface area contributed by atoms with E-state index in [1.54, 1.807) is 24.1 Å². The highest BCUT2D eigenvalue weighted by Crippen LogP contribution is 2.14. The number of para-hydroxylation sites is 1. The standard InChI is InChI=1S/C17H25N3O3/c1-13(2)19-9-10-20(15(11-19)17(22)18-3)16(21)12-23-14-7-5-4-6-8-14/h4-8,13,15H,9-12H2,1-3H3,(H,18,22)/t15-/m0/s1. The second kappa shape index (κ2) is 7.97. The second-order valence-corrected chi connectivity index (χ2v) is 5.91. The van der Waals surface area contributed by atoms with Crippen LogP contribution in [0, 0.1) is 0 Å². The Kier molecular flexibility index (Phi) is 5.98. The fraction of sp³-hybridized carbons (Fsp3) is 0.529. The molecule has 0 spiro atoms. The van der Waals surface area contributed by atoms with Gasteiger partial charge in [0, 0.05) is 32.7 Å². The van der Waals surface area contributed by atoms with Crippen molar-refractivity contribution in [2.75, 3.05) is 33.3 Å². The van der Waals surface area contributed by atoms with Crippen LogP contribution in [-0.4, -0.2) is 67.0 Å². The van der Waals surface area contributed by atoms with Crippen LogP contribution in [0.2, 0.25) is 0 Å². The number of likely N-dealkylation sites (N-methyl/N-ethyl adjacent to an activating group) is 1. The molecule has 1 aromatic carbocycles. The van der Waals surface area contributed by atoms with Gasteiger partial charge in [0.1, 0.15) is 11.8 Å². The highest BCUT2D eigenvalue weighted by molar-refractivity contribution is 5.88. The number of benzene rings is 1. The van der Waals surface area contributed by atoms with Crippen LogP contribution < -0.4 is 10.1 Å². The quantitative estimate of drug-likeness (QED) is 0.869. The zero-order chi connectivity index (χ0) is 16.8. The van der Waals surface area contributed by atoms with Gasteiger partial charge in [-0.2, -0.15) is 0 Å². The van der Waals surface area contributed by atoms with Gasteiger partial charge in [-0.25, -0.2) is 0 Å². The van der Waals surface area contributed by atoms with Crippen LogP contribution in [0.1, 0.15) is 13.8 Å². The summed E-state index contributed by atoms with van der Waals surface area (Å²) >= 11 is 0. The van der Waals surface area contributed by atoms with E-state index in [1.165, 1.54) is 0 Å². The zero-order valence-electron chi connectivity index (χ0n) is 14.0. The van der Waals surface area contributed by atoms with Crippen LogP contribution in [0.4, 0.5) is 0 Å². The van der Waals surface area contributed by atoms with Crippen molar-refractivity contribution in [3.05, 3.63) is 30.3 Å². The number of rotatable bonds is 5. The van der Waals surface area contributed by atoms with Gasteiger partial charge in [-0.05, 0) is 26.0 Å². The summed E-state index contributed by atoms with van der Waals surface area (Å²) in [6.07, 6.45) is 0. The summed E-state index contributed by atoms with van der Waals surface area (Å²) in [5.74, 6) is 0.354. The van der Waals surface area contributed by atoms with Gasteiger partial charge in [0.05, 0.1) is 0 Å². The van der Waals surface area contributed by atoms with E-state index < -0.39 is 6.04 Å². The molecule has 0 saturated carbocycles. The molecule has 126 valence electrons. The number of carbonyl (C=O) groups is 2. The Bertz CT molecular complexity index is 533. The summed E-state index contributed by atoms with van der Waals surface area (Å²) in [5, 5.41) is 2.65. The van der Waals surface area contributed by atoms with E-state index in [-0.39, 0.29) is 18.4 Å². The molecule has 6 heteroatoms. The molecule has 6 nitrogen and oxygen atoms in total. The van der Waals surface area contributed by atoms with Crippen LogP contribution in [0.25, 0.3) is 0 Å². The number of nitrogens with one attached hydrogen (secondary N) is 1. The Morgan fingerprint density at radius 3 is 2.57 bits per heavy atom. The van der Waals surface area contributed by atoms with Crippen molar-refractivity contribution in [1.82, 2.24) is 15.1 Å². The Morgan fingerprint density at radius 1 is 1.26 bits per heavy atom. The van der Waals surface area contributed by atoms with Crippen molar-refractivity contribution < 1.29 is 14.3 Å². The molecule has 2 rings (SSSR count). The van der Waals surface area contributed by atoms with Crippen LogP contribution in [0.15, 0.2) is 30.3 Å². The lowest BCUT2D eigenvalue weighted by Gasteiger charge is -2.42. The second-order valence-electron chi connectivity index (χ2n) is 5.91. The van der Waals surface area contributed by atoms with E-state index in [4.69, 9.17) is 4.74 Å². The predicted molar refractivity (Wildman–Crippen MR) is 88.2 cm³/mol. The molecule has 1 N–H and O–H groups in total. The third kappa shape index (κ3) is 4.45. The van der Waals surface area contributed by atoms with Crippen molar-refractivity contribution in [3.8, 4) is 5.75 Å². The maximum absolute atomic E-state index is 12.5. The SMILES string of the molecule is CNC(=O)[C@@H]1CN(C(C)C)CCN1C(=O)COc1ccccc1. The van der Waals surface area contributed by atoms with Gasteiger partial charge in [-0.3, -0.25) is 14.5 Å². The van der Waals surface area contributed by atoms with Gasteiger partial charge in [-0.15, -0.1) is 0 Å². The van der Waals surface area contributed by atoms with Crippen molar-refractivity contribution in [2.45, 2.75) is 25.9 Å². The zero-order valence-corrected chi connectivity index (χ0v) is 14.0. The summed E-state index contributed by atoms with van der Waals surface area (Å²) < 4.78 is 5.52. The molecule has 1 atom stereocenters. The van der Waals surface area contributed by atoms with Gasteiger partial charge < -0.3 is 15.0 Å². The fourth-order valence-corrected chi connectivity index (χ4v) is 2.71. The molecular weight excluding hydrogens is 294 g/mol. The summed E-state index contributed by atoms with van der Waals surface area (Å²) in [5.41, 5.74) is 0. The smallest absolute Gasteiger partial charge is 0.261 e. The normalized spacial score (nSPS) is 18.8. The first-order valence-electron chi connectivity index (χ1n) is 7.96. The molecule has 1 aliphatic rings. The van der Waals surface area contributed by atoms with Gasteiger partial charge in [0.25, 0.3) is 5.91 Å². The van der Waals surface area contributed by atoms with Crippen LogP contribution in [0.5, 0.6) is 5.75 Å². The van der Waals surface area contributed by atoms with Gasteiger partial charge >= 0.3 is 0 Å². The van der Waals surface area contributed by atoms with E-state index in [1.807, 2.05) is 18.2 Å². The largest absolute Gasteiger partial charge is 0.484 e. The summed E-state index contributed by atoms with van der Waals surface area (Å²) in [6.45, 7) is 5.98. The molecule has 0 aliphatic carbocycles. The lowest BCUT2D eigenvalue weighted by Crippen LogP contribution is -2.62. The lowest BCUT2D eigenvalue weighted by molar-refractivity contribution is -0.145.